The van der Waals surface area contributed by atoms with Crippen molar-refractivity contribution in [1.29, 1.82) is 0 Å². The zero-order valence-corrected chi connectivity index (χ0v) is 7.75. The molecule has 0 radical (unpaired) electrons. The number of H-pyrrole nitrogens is 1. The molecule has 0 aliphatic carbocycles. The van der Waals surface area contributed by atoms with Crippen LogP contribution in [0.1, 0.15) is 0 Å². The number of hydrogen-bond acceptors (Lipinski definition) is 3. The molecule has 0 aliphatic rings. The van der Waals surface area contributed by atoms with E-state index in [1.165, 1.54) is 0 Å². The number of fused-ring (bicyclic) bond motifs is 1. The van der Waals surface area contributed by atoms with Crippen molar-refractivity contribution in [2.45, 2.75) is 0 Å². The molecule has 4 nitrogen and oxygen atoms in total. The first kappa shape index (κ1) is 10.3. The van der Waals surface area contributed by atoms with Gasteiger partial charge in [0, 0.05) is 6.07 Å². The lowest BCUT2D eigenvalue weighted by atomic mass is 10.2. The number of rotatable bonds is 0. The summed E-state index contributed by atoms with van der Waals surface area (Å²) in [6.45, 7) is 0. The molecule has 1 aromatic carbocycles. The Balaban J connectivity index is 3.22. The normalized spacial score (nSPS) is 10.6. The fourth-order valence-corrected chi connectivity index (χ4v) is 1.35. The van der Waals surface area contributed by atoms with Gasteiger partial charge in [0.15, 0.2) is 11.2 Å². The van der Waals surface area contributed by atoms with E-state index < -0.39 is 39.3 Å². The van der Waals surface area contributed by atoms with Crippen LogP contribution >= 0.6 is 0 Å². The van der Waals surface area contributed by atoms with Gasteiger partial charge in [-0.3, -0.25) is 9.59 Å². The minimum atomic E-state index is -1.06. The molecule has 0 amide bonds. The van der Waals surface area contributed by atoms with Crippen LogP contribution in [-0.2, 0) is 0 Å². The highest BCUT2D eigenvalue weighted by atomic mass is 19.1. The van der Waals surface area contributed by atoms with Crippen LogP contribution in [0.25, 0.3) is 10.9 Å². The van der Waals surface area contributed by atoms with E-state index in [2.05, 4.69) is 0 Å². The lowest BCUT2D eigenvalue weighted by Gasteiger charge is -1.94. The van der Waals surface area contributed by atoms with Crippen molar-refractivity contribution in [3.8, 4) is 5.75 Å². The Morgan fingerprint density at radius 3 is 2.44 bits per heavy atom. The Kier molecular flexibility index (Phi) is 2.19. The molecule has 0 fully saturated rings. The number of nitrogens with one attached hydrogen (secondary N) is 1. The topological polar surface area (TPSA) is 70.2 Å². The summed E-state index contributed by atoms with van der Waals surface area (Å²) in [5.74, 6) is -2.80. The summed E-state index contributed by atoms with van der Waals surface area (Å²) in [4.78, 5) is 24.4. The fourth-order valence-electron chi connectivity index (χ4n) is 1.35. The SMILES string of the molecule is O=c1[nH]c2c(F)ccc(F)c2c(=O)cc1O. The maximum Gasteiger partial charge on any atom is 0.290 e. The lowest BCUT2D eigenvalue weighted by molar-refractivity contribution is 0.468. The highest BCUT2D eigenvalue weighted by molar-refractivity contribution is 5.79. The average Bonchev–Trinajstić information content (AvgIpc) is 2.33. The van der Waals surface area contributed by atoms with E-state index in [1.807, 2.05) is 4.98 Å². The predicted molar refractivity (Wildman–Crippen MR) is 52.4 cm³/mol. The van der Waals surface area contributed by atoms with Gasteiger partial charge < -0.3 is 10.1 Å². The number of benzene rings is 1. The Labute approximate surface area is 86.8 Å². The lowest BCUT2D eigenvalue weighted by Crippen LogP contribution is -2.01. The summed E-state index contributed by atoms with van der Waals surface area (Å²) in [6.07, 6.45) is 0. The largest absolute Gasteiger partial charge is 0.503 e. The van der Waals surface area contributed by atoms with Gasteiger partial charge >= 0.3 is 0 Å². The second kappa shape index (κ2) is 3.41. The third-order valence-electron chi connectivity index (χ3n) is 2.09. The molecule has 1 aromatic heterocycles. The van der Waals surface area contributed by atoms with E-state index in [0.29, 0.717) is 6.07 Å². The van der Waals surface area contributed by atoms with Crippen LogP contribution in [0.3, 0.4) is 0 Å². The number of aromatic hydroxyl groups is 1. The maximum atomic E-state index is 13.3. The standard InChI is InChI=1S/C10H5F2NO3/c11-4-1-2-5(12)9-8(4)6(14)3-7(15)10(16)13-9/h1-3,15H,(H,13,16). The van der Waals surface area contributed by atoms with E-state index in [-0.39, 0.29) is 0 Å². The molecule has 6 heteroatoms. The molecule has 16 heavy (non-hydrogen) atoms. The van der Waals surface area contributed by atoms with Crippen LogP contribution in [0.4, 0.5) is 8.78 Å². The second-order valence-corrected chi connectivity index (χ2v) is 3.13. The van der Waals surface area contributed by atoms with Gasteiger partial charge in [-0.1, -0.05) is 0 Å². The van der Waals surface area contributed by atoms with Crippen LogP contribution in [0.15, 0.2) is 27.8 Å². The summed E-state index contributed by atoms with van der Waals surface area (Å²) in [7, 11) is 0. The molecule has 2 rings (SSSR count). The molecule has 2 aromatic rings. The summed E-state index contributed by atoms with van der Waals surface area (Å²) in [5.41, 5.74) is -2.59. The summed E-state index contributed by atoms with van der Waals surface area (Å²) in [6, 6.07) is 2.10. The third kappa shape index (κ3) is 1.44. The molecule has 0 aliphatic heterocycles. The van der Waals surface area contributed by atoms with Crippen molar-refractivity contribution in [3.63, 3.8) is 0 Å². The van der Waals surface area contributed by atoms with Crippen molar-refractivity contribution < 1.29 is 13.9 Å². The van der Waals surface area contributed by atoms with Gasteiger partial charge in [-0.2, -0.15) is 0 Å². The van der Waals surface area contributed by atoms with Gasteiger partial charge in [-0.25, -0.2) is 8.78 Å². The zero-order chi connectivity index (χ0) is 11.9. The third-order valence-corrected chi connectivity index (χ3v) is 2.09. The number of aromatic amines is 1. The Morgan fingerprint density at radius 2 is 1.75 bits per heavy atom. The smallest absolute Gasteiger partial charge is 0.290 e. The van der Waals surface area contributed by atoms with Gasteiger partial charge in [0.05, 0.1) is 10.9 Å². The van der Waals surface area contributed by atoms with Crippen LogP contribution in [-0.4, -0.2) is 10.1 Å². The monoisotopic (exact) mass is 225 g/mol. The minimum absolute atomic E-state index is 0.545. The fraction of sp³-hybridized carbons (Fsp3) is 0. The van der Waals surface area contributed by atoms with E-state index in [1.54, 1.807) is 0 Å². The Bertz CT molecular complexity index is 694. The van der Waals surface area contributed by atoms with Gasteiger partial charge in [0.25, 0.3) is 5.56 Å². The molecule has 1 heterocycles. The molecule has 0 unspecified atom stereocenters. The first-order chi connectivity index (χ1) is 7.50. The average molecular weight is 225 g/mol. The number of aromatic nitrogens is 1. The highest BCUT2D eigenvalue weighted by Crippen LogP contribution is 2.14. The van der Waals surface area contributed by atoms with Crippen LogP contribution in [0.5, 0.6) is 5.75 Å². The van der Waals surface area contributed by atoms with Gasteiger partial charge in [0.2, 0.25) is 0 Å². The predicted octanol–water partition coefficient (Wildman–Crippen LogP) is 0.872. The van der Waals surface area contributed by atoms with E-state index in [9.17, 15) is 18.4 Å². The molecular weight excluding hydrogens is 220 g/mol. The van der Waals surface area contributed by atoms with Gasteiger partial charge in [0.1, 0.15) is 11.6 Å². The molecule has 0 saturated heterocycles. The molecule has 2 N–H and O–H groups in total. The van der Waals surface area contributed by atoms with Crippen molar-refractivity contribution in [3.05, 3.63) is 50.4 Å². The Hall–Kier alpha value is -2.24. The second-order valence-electron chi connectivity index (χ2n) is 3.13. The molecule has 82 valence electrons. The molecule has 0 atom stereocenters. The van der Waals surface area contributed by atoms with Gasteiger partial charge in [-0.15, -0.1) is 0 Å². The van der Waals surface area contributed by atoms with Crippen molar-refractivity contribution >= 4 is 10.9 Å². The van der Waals surface area contributed by atoms with E-state index >= 15 is 0 Å². The summed E-state index contributed by atoms with van der Waals surface area (Å²) < 4.78 is 26.6. The van der Waals surface area contributed by atoms with Crippen LogP contribution in [0, 0.1) is 11.6 Å². The molecule has 0 saturated carbocycles. The highest BCUT2D eigenvalue weighted by Gasteiger charge is 2.10. The number of hydrogen-bond donors (Lipinski definition) is 2. The first-order valence-electron chi connectivity index (χ1n) is 4.25. The summed E-state index contributed by atoms with van der Waals surface area (Å²) in [5, 5.41) is 8.47. The van der Waals surface area contributed by atoms with Crippen LogP contribution < -0.4 is 11.0 Å². The zero-order valence-electron chi connectivity index (χ0n) is 7.75. The van der Waals surface area contributed by atoms with Crippen LogP contribution in [0.2, 0.25) is 0 Å². The first-order valence-corrected chi connectivity index (χ1v) is 4.25. The summed E-state index contributed by atoms with van der Waals surface area (Å²) >= 11 is 0. The quantitative estimate of drug-likeness (QED) is 0.698. The molecular formula is C10H5F2NO3. The molecule has 0 spiro atoms. The van der Waals surface area contributed by atoms with Gasteiger partial charge in [-0.05, 0) is 12.1 Å². The van der Waals surface area contributed by atoms with E-state index in [4.69, 9.17) is 5.11 Å². The van der Waals surface area contributed by atoms with Crippen molar-refractivity contribution in [2.75, 3.05) is 0 Å². The minimum Gasteiger partial charge on any atom is -0.503 e. The van der Waals surface area contributed by atoms with Crippen molar-refractivity contribution in [2.24, 2.45) is 0 Å². The molecule has 0 bridgehead atoms. The van der Waals surface area contributed by atoms with E-state index in [0.717, 1.165) is 12.1 Å². The maximum absolute atomic E-state index is 13.3. The number of halogens is 2. The van der Waals surface area contributed by atoms with Crippen molar-refractivity contribution in [1.82, 2.24) is 4.98 Å². The Morgan fingerprint density at radius 1 is 1.12 bits per heavy atom.